The van der Waals surface area contributed by atoms with Crippen LogP contribution in [-0.2, 0) is 22.4 Å². The first-order chi connectivity index (χ1) is 20.5. The van der Waals surface area contributed by atoms with Gasteiger partial charge >= 0.3 is 260 Å². The maximum atomic E-state index is 11.8. The Morgan fingerprint density at radius 1 is 0.698 bits per heavy atom. The quantitative estimate of drug-likeness (QED) is 0.417. The number of carboxylic acid groups (broad SMARTS) is 2. The number of nitrogens with zero attached hydrogens (tertiary/aromatic N) is 4. The van der Waals surface area contributed by atoms with Crippen LogP contribution in [0.25, 0.3) is 24.3 Å². The summed E-state index contributed by atoms with van der Waals surface area (Å²) in [7, 11) is 0. The molecule has 0 atom stereocenters. The van der Waals surface area contributed by atoms with Crippen LogP contribution in [0.5, 0.6) is 0 Å². The molecule has 219 valence electrons. The van der Waals surface area contributed by atoms with Gasteiger partial charge in [0, 0.05) is 0 Å². The molecule has 1 radical (unpaired) electrons. The van der Waals surface area contributed by atoms with E-state index >= 15 is 0 Å². The van der Waals surface area contributed by atoms with E-state index in [2.05, 4.69) is 65.5 Å². The molecular formula is C34H36GaN4O4. The van der Waals surface area contributed by atoms with E-state index in [0.29, 0.717) is 12.8 Å². The maximum absolute atomic E-state index is 11.8. The van der Waals surface area contributed by atoms with Crippen molar-refractivity contribution in [3.63, 3.8) is 0 Å². The molecule has 2 aromatic heterocycles. The van der Waals surface area contributed by atoms with Gasteiger partial charge in [0.15, 0.2) is 0 Å². The second kappa shape index (κ2) is 11.0. The molecule has 6 rings (SSSR count). The molecule has 0 aromatic carbocycles. The second-order valence-corrected chi connectivity index (χ2v) is 14.3. The van der Waals surface area contributed by atoms with Crippen molar-refractivity contribution in [2.75, 3.05) is 0 Å². The Morgan fingerprint density at radius 3 is 2.02 bits per heavy atom. The van der Waals surface area contributed by atoms with Crippen molar-refractivity contribution in [3.8, 4) is 0 Å². The van der Waals surface area contributed by atoms with Gasteiger partial charge in [0.05, 0.1) is 0 Å². The Bertz CT molecular complexity index is 1960. The third-order valence-corrected chi connectivity index (χ3v) is 12.6. The van der Waals surface area contributed by atoms with Crippen molar-refractivity contribution >= 4 is 65.6 Å². The summed E-state index contributed by atoms with van der Waals surface area (Å²) in [6.45, 7) is 12.9. The van der Waals surface area contributed by atoms with Crippen LogP contribution in [0.1, 0.15) is 87.0 Å². The van der Waals surface area contributed by atoms with E-state index in [1.54, 1.807) is 0 Å². The van der Waals surface area contributed by atoms with Crippen LogP contribution in [0.2, 0.25) is 0 Å². The molecule has 0 fully saturated rings. The van der Waals surface area contributed by atoms with Crippen molar-refractivity contribution in [1.29, 1.82) is 0 Å². The summed E-state index contributed by atoms with van der Waals surface area (Å²) in [6.07, 6.45) is 11.3. The molecule has 0 unspecified atom stereocenters. The van der Waals surface area contributed by atoms with Crippen LogP contribution < -0.4 is 10.7 Å². The van der Waals surface area contributed by atoms with E-state index in [1.165, 1.54) is 27.6 Å². The summed E-state index contributed by atoms with van der Waals surface area (Å²) in [5.74, 6) is -1.67. The van der Waals surface area contributed by atoms with Gasteiger partial charge in [-0.3, -0.25) is 0 Å². The zero-order chi connectivity index (χ0) is 30.7. The van der Waals surface area contributed by atoms with E-state index in [9.17, 15) is 19.8 Å². The number of hydrogen-bond donors (Lipinski definition) is 2. The van der Waals surface area contributed by atoms with Crippen LogP contribution in [0.15, 0.2) is 43.7 Å². The summed E-state index contributed by atoms with van der Waals surface area (Å²) in [6, 6.07) is 0. The number of rotatable bonds is 8. The molecule has 0 saturated heterocycles. The SMILES string of the molecule is CCC1=C(C)C2=Cc3c(C)c(CCC(=O)O)c4[n]3[Ga][n]3c(c(C)c(CC)c3=CC3=NC(=C4)C(CCC(=O)O)=C3C)=CC1=N2. The molecule has 4 aliphatic heterocycles. The molecule has 43 heavy (non-hydrogen) atoms. The number of aliphatic carboxylic acids is 2. The van der Waals surface area contributed by atoms with Gasteiger partial charge in [0.1, 0.15) is 0 Å². The van der Waals surface area contributed by atoms with Gasteiger partial charge in [-0.15, -0.1) is 0 Å². The Morgan fingerprint density at radius 2 is 1.35 bits per heavy atom. The number of carboxylic acids is 2. The number of aromatic nitrogens is 2. The van der Waals surface area contributed by atoms with Crippen molar-refractivity contribution in [1.82, 2.24) is 6.55 Å². The number of fused-ring (bicyclic) bond motifs is 2. The summed E-state index contributed by atoms with van der Waals surface area (Å²) >= 11 is -1.45. The van der Waals surface area contributed by atoms with Crippen molar-refractivity contribution in [2.24, 2.45) is 9.98 Å². The predicted molar refractivity (Wildman–Crippen MR) is 172 cm³/mol. The minimum atomic E-state index is -1.45. The van der Waals surface area contributed by atoms with Crippen molar-refractivity contribution in [2.45, 2.75) is 80.1 Å². The average Bonchev–Trinajstić information content (AvgIpc) is 3.58. The van der Waals surface area contributed by atoms with E-state index in [0.717, 1.165) is 74.7 Å². The Labute approximate surface area is 259 Å². The second-order valence-electron chi connectivity index (χ2n) is 11.6. The molecule has 0 amide bonds. The monoisotopic (exact) mass is 633 g/mol. The zero-order valence-electron chi connectivity index (χ0n) is 25.6. The Balaban J connectivity index is 1.78. The number of aliphatic imine (C=N–C) groups is 2. The van der Waals surface area contributed by atoms with Crippen LogP contribution in [0.4, 0.5) is 0 Å². The molecule has 0 saturated carbocycles. The fourth-order valence-corrected chi connectivity index (χ4v) is 10.5. The summed E-state index contributed by atoms with van der Waals surface area (Å²) in [4.78, 5) is 33.7. The van der Waals surface area contributed by atoms with Gasteiger partial charge in [-0.25, -0.2) is 0 Å². The molecule has 9 heteroatoms. The molecule has 6 bridgehead atoms. The summed E-state index contributed by atoms with van der Waals surface area (Å²) in [5.41, 5.74) is 14.6. The molecule has 2 N–H and O–H groups in total. The van der Waals surface area contributed by atoms with E-state index < -0.39 is 29.8 Å². The molecule has 0 spiro atoms. The van der Waals surface area contributed by atoms with Crippen LogP contribution in [0.3, 0.4) is 0 Å². The average molecular weight is 634 g/mol. The molecule has 8 nitrogen and oxygen atoms in total. The van der Waals surface area contributed by atoms with Gasteiger partial charge in [-0.2, -0.15) is 0 Å². The van der Waals surface area contributed by atoms with Gasteiger partial charge in [0.25, 0.3) is 0 Å². The Hall–Kier alpha value is -3.82. The Kier molecular flexibility index (Phi) is 7.50. The first kappa shape index (κ1) is 29.3. The molecule has 6 heterocycles. The summed E-state index contributed by atoms with van der Waals surface area (Å²) in [5, 5.41) is 21.5. The first-order valence-corrected chi connectivity index (χ1v) is 17.2. The van der Waals surface area contributed by atoms with Gasteiger partial charge in [-0.05, 0) is 0 Å². The molecule has 2 aromatic rings. The predicted octanol–water partition coefficient (Wildman–Crippen LogP) is 4.50. The van der Waals surface area contributed by atoms with E-state index in [4.69, 9.17) is 9.98 Å². The first-order valence-electron chi connectivity index (χ1n) is 15.0. The van der Waals surface area contributed by atoms with E-state index in [-0.39, 0.29) is 12.8 Å². The fourth-order valence-electron chi connectivity index (χ4n) is 6.92. The number of carbonyl (C=O) groups is 2. The molecular weight excluding hydrogens is 598 g/mol. The van der Waals surface area contributed by atoms with Gasteiger partial charge in [-0.1, -0.05) is 0 Å². The normalized spacial score (nSPS) is 16.6. The molecule has 0 aliphatic carbocycles. The topological polar surface area (TPSA) is 109 Å². The van der Waals surface area contributed by atoms with Crippen LogP contribution >= 0.6 is 0 Å². The van der Waals surface area contributed by atoms with Crippen molar-refractivity contribution < 1.29 is 19.8 Å². The van der Waals surface area contributed by atoms with Crippen LogP contribution in [0, 0.1) is 13.8 Å². The summed E-state index contributed by atoms with van der Waals surface area (Å²) < 4.78 is 4.95. The third kappa shape index (κ3) is 4.79. The van der Waals surface area contributed by atoms with Crippen LogP contribution in [-0.4, -0.2) is 58.0 Å². The van der Waals surface area contributed by atoms with Gasteiger partial charge in [0.2, 0.25) is 0 Å². The van der Waals surface area contributed by atoms with E-state index in [1.807, 2.05) is 6.92 Å². The fraction of sp³-hybridized carbons (Fsp3) is 0.353. The number of hydrogen-bond acceptors (Lipinski definition) is 4. The standard InChI is InChI=1S/C34H38N4O4.Ga/c1-7-21-17(3)25-13-26-19(5)23(9-11-33(39)40)31(37-26)16-32-24(10-12-34(41)42)20(6)28(38-32)15-30-22(8-2)18(4)27(36-30)14-29(21)35-25;/h13-16H,7-12H2,1-6H3,(H4,35,36,37,38,39,40,41,42);/q;+2/p-2. The zero-order valence-corrected chi connectivity index (χ0v) is 28.1. The minimum absolute atomic E-state index is 0.0200. The third-order valence-electron chi connectivity index (χ3n) is 9.31. The van der Waals surface area contributed by atoms with Gasteiger partial charge < -0.3 is 0 Å². The van der Waals surface area contributed by atoms with Crippen molar-refractivity contribution in [3.05, 3.63) is 78.0 Å². The number of allylic oxidation sites excluding steroid dienone is 4. The molecule has 4 aliphatic rings.